The van der Waals surface area contributed by atoms with Crippen LogP contribution in [-0.2, 0) is 14.9 Å². The predicted octanol–water partition coefficient (Wildman–Crippen LogP) is 2.82. The Balaban J connectivity index is 2.42. The van der Waals surface area contributed by atoms with E-state index in [-0.39, 0.29) is 24.0 Å². The van der Waals surface area contributed by atoms with Crippen LogP contribution >= 0.6 is 0 Å². The highest BCUT2D eigenvalue weighted by Crippen LogP contribution is 2.52. The van der Waals surface area contributed by atoms with Gasteiger partial charge in [0.15, 0.2) is 5.79 Å². The summed E-state index contributed by atoms with van der Waals surface area (Å²) in [6.45, 7) is 1.48. The smallest absolute Gasteiger partial charge is 0.171 e. The maximum absolute atomic E-state index is 14.0. The van der Waals surface area contributed by atoms with Crippen LogP contribution in [0.3, 0.4) is 0 Å². The molecule has 1 aromatic carbocycles. The molecule has 0 heterocycles. The zero-order chi connectivity index (χ0) is 14.3. The molecular weight excluding hydrogens is 252 g/mol. The lowest BCUT2D eigenvalue weighted by atomic mass is 9.61. The van der Waals surface area contributed by atoms with Crippen molar-refractivity contribution in [2.75, 3.05) is 14.2 Å². The molecule has 5 heteroatoms. The second-order valence-electron chi connectivity index (χ2n) is 4.95. The Bertz CT molecular complexity index is 539. The summed E-state index contributed by atoms with van der Waals surface area (Å²) in [6, 6.07) is 4.29. The van der Waals surface area contributed by atoms with E-state index in [0.29, 0.717) is 0 Å². The molecule has 3 nitrogen and oxygen atoms in total. The highest BCUT2D eigenvalue weighted by Gasteiger charge is 2.58. The van der Waals surface area contributed by atoms with Gasteiger partial charge in [0.1, 0.15) is 11.6 Å². The number of aryl methyl sites for hydroxylation is 1. The van der Waals surface area contributed by atoms with Gasteiger partial charge in [-0.3, -0.25) is 0 Å². The standard InChI is InChI=1S/C14H15F2NO2/c1-9-4-12(16)10(5-11(9)15)13(8-17)6-14(7-13,18-2)19-3/h4-5H,6-7H2,1-3H3. The van der Waals surface area contributed by atoms with E-state index in [4.69, 9.17) is 9.47 Å². The van der Waals surface area contributed by atoms with Gasteiger partial charge in [0.25, 0.3) is 0 Å². The third kappa shape index (κ3) is 2.01. The van der Waals surface area contributed by atoms with Gasteiger partial charge >= 0.3 is 0 Å². The quantitative estimate of drug-likeness (QED) is 0.791. The van der Waals surface area contributed by atoms with Gasteiger partial charge < -0.3 is 9.47 Å². The van der Waals surface area contributed by atoms with Crippen molar-refractivity contribution in [1.82, 2.24) is 0 Å². The van der Waals surface area contributed by atoms with E-state index in [1.165, 1.54) is 21.1 Å². The van der Waals surface area contributed by atoms with Crippen LogP contribution in [-0.4, -0.2) is 20.0 Å². The lowest BCUT2D eigenvalue weighted by Crippen LogP contribution is -2.56. The first-order valence-corrected chi connectivity index (χ1v) is 5.90. The fourth-order valence-corrected chi connectivity index (χ4v) is 2.58. The average molecular weight is 267 g/mol. The molecule has 0 unspecified atom stereocenters. The number of methoxy groups -OCH3 is 2. The van der Waals surface area contributed by atoms with Crippen molar-refractivity contribution in [2.24, 2.45) is 0 Å². The van der Waals surface area contributed by atoms with Crippen LogP contribution in [0.5, 0.6) is 0 Å². The fourth-order valence-electron chi connectivity index (χ4n) is 2.58. The van der Waals surface area contributed by atoms with Crippen molar-refractivity contribution in [3.05, 3.63) is 34.9 Å². The summed E-state index contributed by atoms with van der Waals surface area (Å²) < 4.78 is 38.0. The van der Waals surface area contributed by atoms with Gasteiger partial charge in [-0.1, -0.05) is 0 Å². The molecule has 0 saturated heterocycles. The molecule has 1 fully saturated rings. The van der Waals surface area contributed by atoms with Gasteiger partial charge in [-0.05, 0) is 24.6 Å². The first-order chi connectivity index (χ1) is 8.92. The molecule has 0 amide bonds. The zero-order valence-electron chi connectivity index (χ0n) is 11.1. The van der Waals surface area contributed by atoms with Crippen molar-refractivity contribution in [3.63, 3.8) is 0 Å². The van der Waals surface area contributed by atoms with Crippen LogP contribution in [0.15, 0.2) is 12.1 Å². The van der Waals surface area contributed by atoms with Crippen LogP contribution < -0.4 is 0 Å². The van der Waals surface area contributed by atoms with Crippen LogP contribution in [0.1, 0.15) is 24.0 Å². The third-order valence-corrected chi connectivity index (χ3v) is 3.86. The largest absolute Gasteiger partial charge is 0.353 e. The molecule has 1 saturated carbocycles. The van der Waals surface area contributed by atoms with E-state index < -0.39 is 22.8 Å². The van der Waals surface area contributed by atoms with E-state index >= 15 is 0 Å². The first-order valence-electron chi connectivity index (χ1n) is 5.90. The molecular formula is C14H15F2NO2. The van der Waals surface area contributed by atoms with Crippen molar-refractivity contribution >= 4 is 0 Å². The van der Waals surface area contributed by atoms with Crippen molar-refractivity contribution < 1.29 is 18.3 Å². The number of rotatable bonds is 3. The topological polar surface area (TPSA) is 42.2 Å². The lowest BCUT2D eigenvalue weighted by molar-refractivity contribution is -0.269. The van der Waals surface area contributed by atoms with Gasteiger partial charge in [0.05, 0.1) is 11.5 Å². The molecule has 0 spiro atoms. The summed E-state index contributed by atoms with van der Waals surface area (Å²) in [5.41, 5.74) is -0.800. The minimum Gasteiger partial charge on any atom is -0.353 e. The first kappa shape index (κ1) is 13.9. The van der Waals surface area contributed by atoms with Crippen molar-refractivity contribution in [1.29, 1.82) is 5.26 Å². The van der Waals surface area contributed by atoms with Gasteiger partial charge in [0.2, 0.25) is 0 Å². The molecule has 0 N–H and O–H groups in total. The number of halogens is 2. The van der Waals surface area contributed by atoms with Crippen LogP contribution in [0.4, 0.5) is 8.78 Å². The van der Waals surface area contributed by atoms with Gasteiger partial charge in [-0.15, -0.1) is 0 Å². The number of hydrogen-bond donors (Lipinski definition) is 0. The number of benzene rings is 1. The van der Waals surface area contributed by atoms with E-state index in [1.54, 1.807) is 0 Å². The maximum Gasteiger partial charge on any atom is 0.171 e. The summed E-state index contributed by atoms with van der Waals surface area (Å²) in [5.74, 6) is -1.97. The van der Waals surface area contributed by atoms with Gasteiger partial charge in [0, 0.05) is 32.6 Å². The molecule has 0 aromatic heterocycles. The zero-order valence-corrected chi connectivity index (χ0v) is 11.1. The Morgan fingerprint density at radius 1 is 1.16 bits per heavy atom. The molecule has 1 aliphatic carbocycles. The van der Waals surface area contributed by atoms with E-state index in [1.807, 2.05) is 0 Å². The Morgan fingerprint density at radius 3 is 2.21 bits per heavy atom. The van der Waals surface area contributed by atoms with Crippen molar-refractivity contribution in [2.45, 2.75) is 31.0 Å². The highest BCUT2D eigenvalue weighted by molar-refractivity contribution is 5.40. The summed E-state index contributed by atoms with van der Waals surface area (Å²) >= 11 is 0. The monoisotopic (exact) mass is 267 g/mol. The Kier molecular flexibility index (Phi) is 3.33. The predicted molar refractivity (Wildman–Crippen MR) is 64.4 cm³/mol. The van der Waals surface area contributed by atoms with Crippen LogP contribution in [0.25, 0.3) is 0 Å². The minimum atomic E-state index is -1.09. The Morgan fingerprint density at radius 2 is 1.74 bits per heavy atom. The number of nitriles is 1. The summed E-state index contributed by atoms with van der Waals surface area (Å²) in [5, 5.41) is 9.35. The molecule has 102 valence electrons. The van der Waals surface area contributed by atoms with Gasteiger partial charge in [-0.2, -0.15) is 5.26 Å². The summed E-state index contributed by atoms with van der Waals surface area (Å²) in [4.78, 5) is 0. The molecule has 0 radical (unpaired) electrons. The van der Waals surface area contributed by atoms with Crippen molar-refractivity contribution in [3.8, 4) is 6.07 Å². The summed E-state index contributed by atoms with van der Waals surface area (Å²) in [6.07, 6.45) is 0.367. The maximum atomic E-state index is 14.0. The van der Waals surface area contributed by atoms with E-state index in [2.05, 4.69) is 6.07 Å². The Hall–Kier alpha value is -1.51. The third-order valence-electron chi connectivity index (χ3n) is 3.86. The second-order valence-corrected chi connectivity index (χ2v) is 4.95. The molecule has 1 aliphatic rings. The SMILES string of the molecule is COC1(OC)CC(C#N)(c2cc(F)c(C)cc2F)C1. The van der Waals surface area contributed by atoms with E-state index in [9.17, 15) is 14.0 Å². The van der Waals surface area contributed by atoms with Gasteiger partial charge in [-0.25, -0.2) is 8.78 Å². The van der Waals surface area contributed by atoms with Crippen LogP contribution in [0.2, 0.25) is 0 Å². The Labute approximate surface area is 110 Å². The number of nitrogens with zero attached hydrogens (tertiary/aromatic N) is 1. The van der Waals surface area contributed by atoms with Crippen LogP contribution in [0, 0.1) is 29.9 Å². The molecule has 19 heavy (non-hydrogen) atoms. The second kappa shape index (κ2) is 4.55. The highest BCUT2D eigenvalue weighted by atomic mass is 19.1. The summed E-state index contributed by atoms with van der Waals surface area (Å²) in [7, 11) is 2.94. The molecule has 0 bridgehead atoms. The fraction of sp³-hybridized carbons (Fsp3) is 0.500. The molecule has 0 aliphatic heterocycles. The number of hydrogen-bond acceptors (Lipinski definition) is 3. The average Bonchev–Trinajstić information content (AvgIpc) is 2.35. The molecule has 1 aromatic rings. The lowest BCUT2D eigenvalue weighted by Gasteiger charge is -2.50. The molecule has 0 atom stereocenters. The normalized spacial score (nSPS) is 19.6. The van der Waals surface area contributed by atoms with E-state index in [0.717, 1.165) is 12.1 Å². The minimum absolute atomic E-state index is 0.0721. The molecule has 2 rings (SSSR count). The number of ether oxygens (including phenoxy) is 2.